The average Bonchev–Trinajstić information content (AvgIpc) is 1.54. The van der Waals surface area contributed by atoms with Gasteiger partial charge in [-0.3, -0.25) is 9.97 Å². The molecule has 10 heteroatoms. The second kappa shape index (κ2) is 23.8. The minimum Gasteiger partial charge on any atom is -0.399 e. The van der Waals surface area contributed by atoms with Crippen LogP contribution >= 0.6 is 15.9 Å². The highest BCUT2D eigenvalue weighted by atomic mass is 79.9. The summed E-state index contributed by atoms with van der Waals surface area (Å²) in [6.45, 7) is 8.41. The van der Waals surface area contributed by atoms with Crippen molar-refractivity contribution in [1.29, 1.82) is 0 Å². The van der Waals surface area contributed by atoms with Crippen LogP contribution < -0.4 is 5.46 Å². The maximum absolute atomic E-state index is 6.36. The molecular weight excluding hydrogens is 1360 g/mol. The fraction of sp³-hybridized carbons (Fsp3) is 0.0625. The number of hydrogen-bond donors (Lipinski definition) is 0. The first-order valence-electron chi connectivity index (χ1n) is 36.3. The number of benzene rings is 14. The molecule has 8 aromatic heterocycles. The highest BCUT2D eigenvalue weighted by molar-refractivity contribution is 9.10. The molecule has 0 atom stereocenters. The first kappa shape index (κ1) is 62.2. The van der Waals surface area contributed by atoms with Crippen molar-refractivity contribution in [2.75, 3.05) is 0 Å². The van der Waals surface area contributed by atoms with Crippen LogP contribution in [0.25, 0.3) is 186 Å². The number of halogens is 1. The van der Waals surface area contributed by atoms with Gasteiger partial charge in [0.15, 0.2) is 0 Å². The largest absolute Gasteiger partial charge is 0.494 e. The van der Waals surface area contributed by atoms with Gasteiger partial charge in [-0.2, -0.15) is 0 Å². The molecule has 8 nitrogen and oxygen atoms in total. The summed E-state index contributed by atoms with van der Waals surface area (Å²) >= 11 is 3.69. The first-order valence-corrected chi connectivity index (χ1v) is 37.1. The van der Waals surface area contributed by atoms with Crippen LogP contribution in [-0.2, 0) is 9.31 Å². The number of hydrogen-bond acceptors (Lipinski definition) is 4. The molecule has 23 rings (SSSR count). The van der Waals surface area contributed by atoms with E-state index in [1.807, 2.05) is 30.6 Å². The van der Waals surface area contributed by atoms with E-state index >= 15 is 0 Å². The Kier molecular flexibility index (Phi) is 14.0. The van der Waals surface area contributed by atoms with Gasteiger partial charge in [-0.15, -0.1) is 0 Å². The smallest absolute Gasteiger partial charge is 0.399 e. The van der Waals surface area contributed by atoms with E-state index < -0.39 is 0 Å². The number of para-hydroxylation sites is 6. The molecule has 0 N–H and O–H groups in total. The third-order valence-corrected chi connectivity index (χ3v) is 23.4. The fourth-order valence-electron chi connectivity index (χ4n) is 17.2. The van der Waals surface area contributed by atoms with Crippen LogP contribution in [0.5, 0.6) is 0 Å². The van der Waals surface area contributed by atoms with E-state index in [0.29, 0.717) is 0 Å². The van der Waals surface area contributed by atoms with E-state index in [0.717, 1.165) is 54.3 Å². The number of pyridine rings is 2. The Labute approximate surface area is 619 Å². The van der Waals surface area contributed by atoms with Crippen molar-refractivity contribution >= 4 is 170 Å². The van der Waals surface area contributed by atoms with Crippen molar-refractivity contribution in [2.24, 2.45) is 0 Å². The zero-order valence-corrected chi connectivity index (χ0v) is 60.2. The van der Waals surface area contributed by atoms with Crippen LogP contribution in [0.15, 0.2) is 332 Å². The summed E-state index contributed by atoms with van der Waals surface area (Å²) in [5, 5.41) is 17.5. The van der Waals surface area contributed by atoms with Crippen LogP contribution in [0.3, 0.4) is 0 Å². The van der Waals surface area contributed by atoms with Crippen LogP contribution in [0.1, 0.15) is 27.7 Å². The topological polar surface area (TPSA) is 62.9 Å². The summed E-state index contributed by atoms with van der Waals surface area (Å²) in [6, 6.07) is 113. The van der Waals surface area contributed by atoms with Crippen molar-refractivity contribution < 1.29 is 9.31 Å². The standard InChI is InChI=1S/C45H27N3.C27H17BrN2.C24H22BNO2/c1-2-11-30(12-3-1)47-42-23-20-28(25-39(42)44-43(47)19-10-24-46-44)31-21-22-32(34-14-5-4-13-33(31)34)29-26-37-35-15-6-8-17-40(35)48-41-18-9-7-16-36(41)38(27-29)45(37)48;28-24-14-13-20(21-9-4-5-10-22(21)24)18-12-15-25-23(17-18)27-26(11-6-16-29-27)30(25)19-7-2-1-3-8-19;1-23(2)24(3,4)28-25(27-23)15-13-18-16-9-5-7-11-20(16)26-21-12-8-6-10-17(21)19(14-15)22(18)26/h1-27H;1-17H;5-14H,1-4H3. The van der Waals surface area contributed by atoms with Gasteiger partial charge in [0.1, 0.15) is 0 Å². The molecule has 502 valence electrons. The summed E-state index contributed by atoms with van der Waals surface area (Å²) in [7, 11) is -0.361. The van der Waals surface area contributed by atoms with Crippen LogP contribution in [-0.4, -0.2) is 46.2 Å². The van der Waals surface area contributed by atoms with E-state index in [9.17, 15) is 0 Å². The number of fused-ring (bicyclic) bond motifs is 20. The van der Waals surface area contributed by atoms with Gasteiger partial charge in [0.05, 0.1) is 77.4 Å². The second-order valence-corrected chi connectivity index (χ2v) is 30.0. The van der Waals surface area contributed by atoms with Crippen LogP contribution in [0, 0.1) is 0 Å². The molecule has 1 aliphatic heterocycles. The van der Waals surface area contributed by atoms with E-state index in [4.69, 9.17) is 19.3 Å². The molecule has 1 aliphatic rings. The second-order valence-electron chi connectivity index (χ2n) is 29.1. The number of aromatic nitrogens is 6. The molecule has 0 bridgehead atoms. The van der Waals surface area contributed by atoms with Gasteiger partial charge in [0.25, 0.3) is 0 Å². The van der Waals surface area contributed by atoms with E-state index in [1.54, 1.807) is 0 Å². The van der Waals surface area contributed by atoms with Gasteiger partial charge in [-0.25, -0.2) is 0 Å². The van der Waals surface area contributed by atoms with Gasteiger partial charge in [-0.1, -0.05) is 216 Å². The van der Waals surface area contributed by atoms with Crippen molar-refractivity contribution in [3.8, 4) is 44.8 Å². The molecule has 0 unspecified atom stereocenters. The Bertz CT molecular complexity index is 7130. The molecule has 0 saturated carbocycles. The highest BCUT2D eigenvalue weighted by Gasteiger charge is 2.52. The third-order valence-electron chi connectivity index (χ3n) is 22.8. The maximum atomic E-state index is 6.36. The quantitative estimate of drug-likeness (QED) is 0.156. The molecule has 106 heavy (non-hydrogen) atoms. The monoisotopic (exact) mass is 1420 g/mol. The van der Waals surface area contributed by atoms with E-state index in [2.05, 4.69) is 359 Å². The summed E-state index contributed by atoms with van der Waals surface area (Å²) in [5.74, 6) is 0. The number of nitrogens with zero attached hydrogens (tertiary/aromatic N) is 6. The van der Waals surface area contributed by atoms with E-state index in [1.165, 1.54) is 142 Å². The molecule has 1 fully saturated rings. The lowest BCUT2D eigenvalue weighted by molar-refractivity contribution is 0.00578. The highest BCUT2D eigenvalue weighted by Crippen LogP contribution is 2.47. The lowest BCUT2D eigenvalue weighted by Gasteiger charge is -2.32. The summed E-state index contributed by atoms with van der Waals surface area (Å²) < 4.78 is 23.3. The zero-order valence-electron chi connectivity index (χ0n) is 58.6. The average molecular weight is 1430 g/mol. The third kappa shape index (κ3) is 9.41. The minimum atomic E-state index is -0.361. The summed E-state index contributed by atoms with van der Waals surface area (Å²) in [6.07, 6.45) is 3.77. The van der Waals surface area contributed by atoms with E-state index in [-0.39, 0.29) is 18.3 Å². The Hall–Kier alpha value is -12.4. The van der Waals surface area contributed by atoms with Gasteiger partial charge >= 0.3 is 7.12 Å². The summed E-state index contributed by atoms with van der Waals surface area (Å²) in [5.41, 5.74) is 24.2. The Morgan fingerprint density at radius 3 is 1.04 bits per heavy atom. The molecule has 0 spiro atoms. The van der Waals surface area contributed by atoms with Gasteiger partial charge in [0.2, 0.25) is 0 Å². The fourth-order valence-corrected chi connectivity index (χ4v) is 17.7. The molecule has 0 aliphatic carbocycles. The van der Waals surface area contributed by atoms with Crippen molar-refractivity contribution in [2.45, 2.75) is 38.9 Å². The molecule has 0 radical (unpaired) electrons. The SMILES string of the molecule is Brc1ccc(-c2ccc3c(c2)c2ncccc2n3-c2ccccc2)c2ccccc12.CC1(C)OB(c2cc3c4ccccc4n4c5ccccc5c(c2)c34)OC1(C)C.c1ccc(-n2c3ccc(-c4ccc(-c5cc6c7ccccc7n7c8ccccc8c(c5)c67)c5ccccc45)cc3c3ncccc32)cc1. The zero-order chi connectivity index (χ0) is 70.7. The molecule has 0 amide bonds. The van der Waals surface area contributed by atoms with Crippen molar-refractivity contribution in [3.63, 3.8) is 0 Å². The van der Waals surface area contributed by atoms with Gasteiger partial charge in [0, 0.05) is 82.1 Å². The summed E-state index contributed by atoms with van der Waals surface area (Å²) in [4.78, 5) is 9.60. The Morgan fingerprint density at radius 2 is 0.613 bits per heavy atom. The molecular formula is C96H66BBrN6O2. The predicted molar refractivity (Wildman–Crippen MR) is 448 cm³/mol. The molecule has 1 saturated heterocycles. The first-order chi connectivity index (χ1) is 52.0. The molecule has 9 heterocycles. The molecule has 22 aromatic rings. The predicted octanol–water partition coefficient (Wildman–Crippen LogP) is 24.7. The maximum Gasteiger partial charge on any atom is 0.494 e. The lowest BCUT2D eigenvalue weighted by atomic mass is 9.77. The Morgan fingerprint density at radius 1 is 0.283 bits per heavy atom. The van der Waals surface area contributed by atoms with Crippen LogP contribution in [0.2, 0.25) is 0 Å². The minimum absolute atomic E-state index is 0.348. The van der Waals surface area contributed by atoms with Crippen molar-refractivity contribution in [3.05, 3.63) is 332 Å². The van der Waals surface area contributed by atoms with Gasteiger partial charge in [-0.05, 0) is 203 Å². The van der Waals surface area contributed by atoms with Crippen molar-refractivity contribution in [1.82, 2.24) is 27.9 Å². The molecule has 14 aromatic carbocycles. The lowest BCUT2D eigenvalue weighted by Crippen LogP contribution is -2.41. The van der Waals surface area contributed by atoms with Gasteiger partial charge < -0.3 is 27.2 Å². The number of rotatable bonds is 6. The Balaban J connectivity index is 0.000000108. The normalized spacial score (nSPS) is 13.8. The van der Waals surface area contributed by atoms with Crippen LogP contribution in [0.4, 0.5) is 0 Å².